The summed E-state index contributed by atoms with van der Waals surface area (Å²) in [4.78, 5) is 21.1. The van der Waals surface area contributed by atoms with Crippen molar-refractivity contribution in [2.45, 2.75) is 19.6 Å². The Hall–Kier alpha value is -4.76. The highest BCUT2D eigenvalue weighted by molar-refractivity contribution is 6.04. The molecule has 9 heteroatoms. The van der Waals surface area contributed by atoms with Crippen LogP contribution in [0.1, 0.15) is 34.6 Å². The molecule has 0 bridgehead atoms. The Kier molecular flexibility index (Phi) is 5.54. The molecule has 8 nitrogen and oxygen atoms in total. The van der Waals surface area contributed by atoms with Crippen LogP contribution in [0.5, 0.6) is 11.5 Å². The van der Waals surface area contributed by atoms with Crippen molar-refractivity contribution in [3.05, 3.63) is 102 Å². The predicted octanol–water partition coefficient (Wildman–Crippen LogP) is 5.78. The van der Waals surface area contributed by atoms with E-state index in [0.717, 1.165) is 28.0 Å². The van der Waals surface area contributed by atoms with Crippen molar-refractivity contribution < 1.29 is 18.7 Å². The molecule has 1 unspecified atom stereocenters. The SMILES string of the molecule is CC1OCc2c1c1ncnc(N)c1n2-c1ccc(Oc2cccc(NC(=O)c3ccc(F)cc3)c2)cc1. The molecule has 1 aliphatic rings. The number of nitrogen functional groups attached to an aromatic ring is 1. The Labute approximate surface area is 211 Å². The summed E-state index contributed by atoms with van der Waals surface area (Å²) in [5.74, 6) is 0.845. The molecule has 1 atom stereocenters. The Morgan fingerprint density at radius 1 is 1.08 bits per heavy atom. The zero-order valence-corrected chi connectivity index (χ0v) is 19.8. The molecule has 3 aromatic carbocycles. The number of hydrogen-bond donors (Lipinski definition) is 2. The molecule has 37 heavy (non-hydrogen) atoms. The first-order valence-electron chi connectivity index (χ1n) is 11.7. The minimum absolute atomic E-state index is 0.0773. The third-order valence-electron chi connectivity index (χ3n) is 6.32. The standard InChI is InChI=1S/C28H22FN5O3/c1-16-24-23(14-36-16)34(26-25(24)31-15-32-27(26)30)20-9-11-21(12-10-20)37-22-4-2-3-19(13-22)33-28(35)17-5-7-18(29)8-6-17/h2-13,15-16H,14H2,1H3,(H,33,35)(H2,30,31,32). The van der Waals surface area contributed by atoms with E-state index in [9.17, 15) is 9.18 Å². The number of carbonyl (C=O) groups excluding carboxylic acids is 1. The van der Waals surface area contributed by atoms with E-state index in [2.05, 4.69) is 15.3 Å². The minimum atomic E-state index is -0.396. The molecule has 5 aromatic rings. The maximum Gasteiger partial charge on any atom is 0.255 e. The summed E-state index contributed by atoms with van der Waals surface area (Å²) >= 11 is 0. The normalized spacial score (nSPS) is 14.5. The zero-order valence-electron chi connectivity index (χ0n) is 19.8. The summed E-state index contributed by atoms with van der Waals surface area (Å²) in [5.41, 5.74) is 11.6. The van der Waals surface area contributed by atoms with Crippen LogP contribution in [0.3, 0.4) is 0 Å². The van der Waals surface area contributed by atoms with Gasteiger partial charge in [-0.1, -0.05) is 6.07 Å². The van der Waals surface area contributed by atoms with Crippen molar-refractivity contribution in [2.24, 2.45) is 0 Å². The number of carbonyl (C=O) groups is 1. The van der Waals surface area contributed by atoms with Crippen molar-refractivity contribution >= 4 is 28.4 Å². The third kappa shape index (κ3) is 4.15. The zero-order chi connectivity index (χ0) is 25.5. The van der Waals surface area contributed by atoms with Crippen LogP contribution >= 0.6 is 0 Å². The van der Waals surface area contributed by atoms with E-state index >= 15 is 0 Å². The summed E-state index contributed by atoms with van der Waals surface area (Å²) in [5, 5.41) is 2.80. The van der Waals surface area contributed by atoms with Gasteiger partial charge in [0, 0.05) is 28.6 Å². The molecule has 3 heterocycles. The minimum Gasteiger partial charge on any atom is -0.457 e. The maximum absolute atomic E-state index is 13.1. The summed E-state index contributed by atoms with van der Waals surface area (Å²) in [7, 11) is 0. The van der Waals surface area contributed by atoms with Crippen LogP contribution in [0.25, 0.3) is 16.7 Å². The molecule has 0 spiro atoms. The fourth-order valence-electron chi connectivity index (χ4n) is 4.58. The molecule has 184 valence electrons. The van der Waals surface area contributed by atoms with Gasteiger partial charge in [0.2, 0.25) is 0 Å². The molecule has 0 saturated carbocycles. The second-order valence-electron chi connectivity index (χ2n) is 8.69. The Morgan fingerprint density at radius 2 is 1.86 bits per heavy atom. The van der Waals surface area contributed by atoms with Gasteiger partial charge in [0.05, 0.1) is 18.4 Å². The van der Waals surface area contributed by atoms with Gasteiger partial charge in [-0.2, -0.15) is 0 Å². The van der Waals surface area contributed by atoms with E-state index in [-0.39, 0.29) is 12.0 Å². The highest BCUT2D eigenvalue weighted by atomic mass is 19.1. The molecule has 0 saturated heterocycles. The smallest absolute Gasteiger partial charge is 0.255 e. The van der Waals surface area contributed by atoms with Gasteiger partial charge in [0.15, 0.2) is 5.82 Å². The Balaban J connectivity index is 1.24. The highest BCUT2D eigenvalue weighted by Gasteiger charge is 2.30. The largest absolute Gasteiger partial charge is 0.457 e. The van der Waals surface area contributed by atoms with Crippen LogP contribution in [0.4, 0.5) is 15.9 Å². The number of anilines is 2. The number of amides is 1. The lowest BCUT2D eigenvalue weighted by Crippen LogP contribution is -2.11. The maximum atomic E-state index is 13.1. The summed E-state index contributed by atoms with van der Waals surface area (Å²) < 4.78 is 27.1. The van der Waals surface area contributed by atoms with Gasteiger partial charge in [-0.15, -0.1) is 0 Å². The molecule has 1 aliphatic heterocycles. The topological polar surface area (TPSA) is 104 Å². The molecule has 6 rings (SSSR count). The van der Waals surface area contributed by atoms with Crippen LogP contribution in [0.2, 0.25) is 0 Å². The molecule has 2 aromatic heterocycles. The van der Waals surface area contributed by atoms with Gasteiger partial charge < -0.3 is 25.1 Å². The molecular formula is C28H22FN5O3. The average molecular weight is 496 g/mol. The van der Waals surface area contributed by atoms with Gasteiger partial charge in [-0.05, 0) is 67.6 Å². The number of aromatic nitrogens is 3. The lowest BCUT2D eigenvalue weighted by atomic mass is 10.1. The van der Waals surface area contributed by atoms with E-state index in [1.165, 1.54) is 30.6 Å². The van der Waals surface area contributed by atoms with Crippen LogP contribution in [-0.2, 0) is 11.3 Å². The molecule has 3 N–H and O–H groups in total. The van der Waals surface area contributed by atoms with Crippen molar-refractivity contribution in [3.63, 3.8) is 0 Å². The molecule has 1 amide bonds. The number of nitrogens with one attached hydrogen (secondary N) is 1. The van der Waals surface area contributed by atoms with Gasteiger partial charge in [-0.25, -0.2) is 14.4 Å². The fraction of sp³-hybridized carbons (Fsp3) is 0.107. The quantitative estimate of drug-likeness (QED) is 0.320. The van der Waals surface area contributed by atoms with Crippen LogP contribution < -0.4 is 15.8 Å². The van der Waals surface area contributed by atoms with Crippen molar-refractivity contribution in [2.75, 3.05) is 11.1 Å². The van der Waals surface area contributed by atoms with Crippen molar-refractivity contribution in [1.29, 1.82) is 0 Å². The number of nitrogens with two attached hydrogens (primary N) is 1. The summed E-state index contributed by atoms with van der Waals surface area (Å²) in [6, 6.07) is 20.0. The summed E-state index contributed by atoms with van der Waals surface area (Å²) in [6.45, 7) is 2.46. The monoisotopic (exact) mass is 495 g/mol. The van der Waals surface area contributed by atoms with Crippen molar-refractivity contribution in [1.82, 2.24) is 14.5 Å². The van der Waals surface area contributed by atoms with E-state index < -0.39 is 5.82 Å². The van der Waals surface area contributed by atoms with Crippen LogP contribution in [-0.4, -0.2) is 20.4 Å². The number of nitrogens with zero attached hydrogens (tertiary/aromatic N) is 3. The number of benzene rings is 3. The van der Waals surface area contributed by atoms with Gasteiger partial charge in [0.25, 0.3) is 5.91 Å². The molecule has 0 fully saturated rings. The number of rotatable bonds is 5. The number of halogens is 1. The average Bonchev–Trinajstić information content (AvgIpc) is 3.44. The van der Waals surface area contributed by atoms with Crippen LogP contribution in [0, 0.1) is 5.82 Å². The lowest BCUT2D eigenvalue weighted by Gasteiger charge is -2.12. The number of fused-ring (bicyclic) bond motifs is 3. The Bertz CT molecular complexity index is 1630. The van der Waals surface area contributed by atoms with E-state index in [1.54, 1.807) is 24.3 Å². The molecular weight excluding hydrogens is 473 g/mol. The van der Waals surface area contributed by atoms with Crippen LogP contribution in [0.15, 0.2) is 79.1 Å². The number of hydrogen-bond acceptors (Lipinski definition) is 6. The predicted molar refractivity (Wildman–Crippen MR) is 137 cm³/mol. The van der Waals surface area contributed by atoms with Gasteiger partial charge >= 0.3 is 0 Å². The third-order valence-corrected chi connectivity index (χ3v) is 6.32. The van der Waals surface area contributed by atoms with E-state index in [1.807, 2.05) is 35.8 Å². The Morgan fingerprint density at radius 3 is 2.65 bits per heavy atom. The van der Waals surface area contributed by atoms with Gasteiger partial charge in [0.1, 0.15) is 34.7 Å². The first-order valence-corrected chi connectivity index (χ1v) is 11.7. The number of ether oxygens (including phenoxy) is 2. The lowest BCUT2D eigenvalue weighted by molar-refractivity contribution is 0.0783. The summed E-state index contributed by atoms with van der Waals surface area (Å²) in [6.07, 6.45) is 1.40. The first kappa shape index (κ1) is 22.7. The second-order valence-corrected chi connectivity index (χ2v) is 8.69. The molecule has 0 radical (unpaired) electrons. The second kappa shape index (κ2) is 9.03. The fourth-order valence-corrected chi connectivity index (χ4v) is 4.58. The first-order chi connectivity index (χ1) is 18.0. The van der Waals surface area contributed by atoms with Crippen molar-refractivity contribution in [3.8, 4) is 17.2 Å². The van der Waals surface area contributed by atoms with Gasteiger partial charge in [-0.3, -0.25) is 4.79 Å². The molecule has 0 aliphatic carbocycles. The highest BCUT2D eigenvalue weighted by Crippen LogP contribution is 2.41. The van der Waals surface area contributed by atoms with E-state index in [4.69, 9.17) is 15.2 Å². The van der Waals surface area contributed by atoms with E-state index in [0.29, 0.717) is 35.2 Å².